The number of aliphatic carboxylic acids is 1. The number of carboxylic acid groups (broad SMARTS) is 1. The van der Waals surface area contributed by atoms with Gasteiger partial charge in [-0.05, 0) is 39.3 Å². The molecule has 0 aliphatic carbocycles. The van der Waals surface area contributed by atoms with Crippen LogP contribution in [0.4, 0.5) is 0 Å². The van der Waals surface area contributed by atoms with E-state index in [1.54, 1.807) is 6.92 Å². The highest BCUT2D eigenvalue weighted by molar-refractivity contribution is 6.06. The standard InChI is InChI=1S/C22H28O6/c1-6-7-13(10-15(23)24)16-19(26)17-18(25)11(2)12(3)27-20(17)14-8-9-22(4,5)28-21(14)16/h8-9,11-13,26H,6-7,10H2,1-5H3,(H,23,24)/t11-,12+,13-/m1/s1. The van der Waals surface area contributed by atoms with E-state index in [9.17, 15) is 19.8 Å². The number of phenolic OH excluding ortho intramolecular Hbond substituents is 1. The summed E-state index contributed by atoms with van der Waals surface area (Å²) in [6.45, 7) is 9.32. The predicted molar refractivity (Wildman–Crippen MR) is 105 cm³/mol. The van der Waals surface area contributed by atoms with E-state index in [1.807, 2.05) is 39.8 Å². The van der Waals surface area contributed by atoms with E-state index in [2.05, 4.69) is 0 Å². The molecule has 1 aromatic carbocycles. The van der Waals surface area contributed by atoms with Crippen LogP contribution in [0.2, 0.25) is 0 Å². The number of benzene rings is 1. The van der Waals surface area contributed by atoms with Crippen LogP contribution in [-0.4, -0.2) is 33.7 Å². The SMILES string of the molecule is CCC[C@H](CC(=O)O)c1c(O)c2c(c3c1OC(C)(C)C=C3)O[C@@H](C)[C@@H](C)C2=O. The Labute approximate surface area is 165 Å². The van der Waals surface area contributed by atoms with Crippen molar-refractivity contribution in [2.45, 2.75) is 71.5 Å². The van der Waals surface area contributed by atoms with Gasteiger partial charge in [-0.3, -0.25) is 9.59 Å². The lowest BCUT2D eigenvalue weighted by Crippen LogP contribution is -2.35. The molecule has 1 aromatic rings. The number of ether oxygens (including phenoxy) is 2. The van der Waals surface area contributed by atoms with Gasteiger partial charge in [-0.2, -0.15) is 0 Å². The minimum Gasteiger partial charge on any atom is -0.507 e. The summed E-state index contributed by atoms with van der Waals surface area (Å²) < 4.78 is 12.2. The number of hydrogen-bond acceptors (Lipinski definition) is 5. The maximum Gasteiger partial charge on any atom is 0.303 e. The van der Waals surface area contributed by atoms with Crippen molar-refractivity contribution in [2.75, 3.05) is 0 Å². The second-order valence-electron chi connectivity index (χ2n) is 8.31. The molecule has 2 N–H and O–H groups in total. The summed E-state index contributed by atoms with van der Waals surface area (Å²) in [7, 11) is 0. The fourth-order valence-electron chi connectivity index (χ4n) is 3.94. The Hall–Kier alpha value is -2.50. The fourth-order valence-corrected chi connectivity index (χ4v) is 3.94. The van der Waals surface area contributed by atoms with Crippen molar-refractivity contribution < 1.29 is 29.3 Å². The molecule has 0 fully saturated rings. The maximum absolute atomic E-state index is 13.0. The average Bonchev–Trinajstić information content (AvgIpc) is 2.58. The molecule has 0 aromatic heterocycles. The zero-order chi connectivity index (χ0) is 20.8. The first-order chi connectivity index (χ1) is 13.1. The Morgan fingerprint density at radius 2 is 1.96 bits per heavy atom. The van der Waals surface area contributed by atoms with Crippen LogP contribution >= 0.6 is 0 Å². The number of carbonyl (C=O) groups excluding carboxylic acids is 1. The van der Waals surface area contributed by atoms with E-state index in [4.69, 9.17) is 9.47 Å². The Bertz CT molecular complexity index is 851. The molecular formula is C22H28O6. The summed E-state index contributed by atoms with van der Waals surface area (Å²) in [6.07, 6.45) is 4.53. The number of aromatic hydroxyl groups is 1. The lowest BCUT2D eigenvalue weighted by Gasteiger charge is -2.36. The summed E-state index contributed by atoms with van der Waals surface area (Å²) in [5.41, 5.74) is 0.508. The summed E-state index contributed by atoms with van der Waals surface area (Å²) in [5, 5.41) is 20.6. The predicted octanol–water partition coefficient (Wildman–Crippen LogP) is 4.53. The number of carboxylic acids is 1. The number of rotatable bonds is 5. The van der Waals surface area contributed by atoms with E-state index < -0.39 is 23.4 Å². The molecule has 3 rings (SSSR count). The van der Waals surface area contributed by atoms with Crippen LogP contribution in [0.25, 0.3) is 6.08 Å². The van der Waals surface area contributed by atoms with E-state index in [-0.39, 0.29) is 29.6 Å². The van der Waals surface area contributed by atoms with Gasteiger partial charge in [0, 0.05) is 11.5 Å². The maximum atomic E-state index is 13.0. The van der Waals surface area contributed by atoms with Crippen LogP contribution in [0.3, 0.4) is 0 Å². The summed E-state index contributed by atoms with van der Waals surface area (Å²) in [4.78, 5) is 24.5. The van der Waals surface area contributed by atoms with E-state index >= 15 is 0 Å². The van der Waals surface area contributed by atoms with Crippen LogP contribution in [0.15, 0.2) is 6.08 Å². The largest absolute Gasteiger partial charge is 0.507 e. The minimum atomic E-state index is -0.959. The molecule has 0 bridgehead atoms. The smallest absolute Gasteiger partial charge is 0.303 e. The van der Waals surface area contributed by atoms with Gasteiger partial charge >= 0.3 is 5.97 Å². The molecule has 152 valence electrons. The molecule has 0 unspecified atom stereocenters. The van der Waals surface area contributed by atoms with Gasteiger partial charge in [0.1, 0.15) is 34.5 Å². The van der Waals surface area contributed by atoms with Crippen LogP contribution in [-0.2, 0) is 4.79 Å². The molecule has 2 aliphatic heterocycles. The van der Waals surface area contributed by atoms with Crippen molar-refractivity contribution in [3.63, 3.8) is 0 Å². The highest BCUT2D eigenvalue weighted by Crippen LogP contribution is 2.53. The molecule has 0 amide bonds. The third-order valence-corrected chi connectivity index (χ3v) is 5.60. The van der Waals surface area contributed by atoms with E-state index in [0.717, 1.165) is 6.42 Å². The fraction of sp³-hybridized carbons (Fsp3) is 0.545. The molecule has 0 saturated heterocycles. The zero-order valence-corrected chi connectivity index (χ0v) is 17.0. The highest BCUT2D eigenvalue weighted by Gasteiger charge is 2.41. The lowest BCUT2D eigenvalue weighted by molar-refractivity contribution is -0.137. The number of fused-ring (bicyclic) bond motifs is 3. The average molecular weight is 388 g/mol. The van der Waals surface area contributed by atoms with Crippen molar-refractivity contribution in [1.29, 1.82) is 0 Å². The topological polar surface area (TPSA) is 93.1 Å². The first-order valence-electron chi connectivity index (χ1n) is 9.81. The van der Waals surface area contributed by atoms with Gasteiger partial charge in [0.15, 0.2) is 5.78 Å². The minimum absolute atomic E-state index is 0.138. The zero-order valence-electron chi connectivity index (χ0n) is 17.0. The monoisotopic (exact) mass is 388 g/mol. The van der Waals surface area contributed by atoms with Gasteiger partial charge in [-0.15, -0.1) is 0 Å². The second kappa shape index (κ2) is 7.15. The number of carbonyl (C=O) groups is 2. The molecule has 0 radical (unpaired) electrons. The Kier molecular flexibility index (Phi) is 5.17. The molecule has 28 heavy (non-hydrogen) atoms. The lowest BCUT2D eigenvalue weighted by atomic mass is 9.81. The molecule has 0 saturated carbocycles. The van der Waals surface area contributed by atoms with E-state index in [0.29, 0.717) is 29.0 Å². The number of phenols is 1. The van der Waals surface area contributed by atoms with Crippen LogP contribution in [0.1, 0.15) is 81.3 Å². The first-order valence-corrected chi connectivity index (χ1v) is 9.81. The van der Waals surface area contributed by atoms with Crippen molar-refractivity contribution in [3.05, 3.63) is 22.8 Å². The summed E-state index contributed by atoms with van der Waals surface area (Å²) in [6, 6.07) is 0. The molecular weight excluding hydrogens is 360 g/mol. The van der Waals surface area contributed by atoms with Crippen molar-refractivity contribution in [1.82, 2.24) is 0 Å². The number of hydrogen-bond donors (Lipinski definition) is 2. The normalized spacial score (nSPS) is 23.2. The first kappa shape index (κ1) is 20.2. The van der Waals surface area contributed by atoms with Crippen molar-refractivity contribution in [3.8, 4) is 17.2 Å². The summed E-state index contributed by atoms with van der Waals surface area (Å²) in [5.74, 6) is -1.49. The Morgan fingerprint density at radius 1 is 1.29 bits per heavy atom. The Balaban J connectivity index is 2.32. The third kappa shape index (κ3) is 3.36. The Morgan fingerprint density at radius 3 is 2.57 bits per heavy atom. The van der Waals surface area contributed by atoms with E-state index in [1.165, 1.54) is 0 Å². The van der Waals surface area contributed by atoms with Crippen LogP contribution < -0.4 is 9.47 Å². The third-order valence-electron chi connectivity index (χ3n) is 5.60. The summed E-state index contributed by atoms with van der Waals surface area (Å²) >= 11 is 0. The van der Waals surface area contributed by atoms with Gasteiger partial charge in [-0.1, -0.05) is 20.3 Å². The second-order valence-corrected chi connectivity index (χ2v) is 8.31. The number of Topliss-reactive ketones (excluding diaryl/α,β-unsaturated/α-hetero) is 1. The molecule has 6 heteroatoms. The van der Waals surface area contributed by atoms with Crippen LogP contribution in [0, 0.1) is 5.92 Å². The molecule has 3 atom stereocenters. The van der Waals surface area contributed by atoms with Gasteiger partial charge in [0.2, 0.25) is 0 Å². The van der Waals surface area contributed by atoms with Crippen LogP contribution in [0.5, 0.6) is 17.2 Å². The van der Waals surface area contributed by atoms with Gasteiger partial charge in [0.05, 0.1) is 17.9 Å². The molecule has 2 aliphatic rings. The van der Waals surface area contributed by atoms with Crippen molar-refractivity contribution >= 4 is 17.8 Å². The van der Waals surface area contributed by atoms with Gasteiger partial charge in [0.25, 0.3) is 0 Å². The van der Waals surface area contributed by atoms with Gasteiger partial charge < -0.3 is 19.7 Å². The molecule has 0 spiro atoms. The number of ketones is 1. The van der Waals surface area contributed by atoms with Gasteiger partial charge in [-0.25, -0.2) is 0 Å². The molecule has 2 heterocycles. The molecule has 6 nitrogen and oxygen atoms in total. The highest BCUT2D eigenvalue weighted by atomic mass is 16.5. The quantitative estimate of drug-likeness (QED) is 0.769. The van der Waals surface area contributed by atoms with Crippen molar-refractivity contribution in [2.24, 2.45) is 5.92 Å².